The minimum absolute atomic E-state index is 0.168. The second-order valence-electron chi connectivity index (χ2n) is 7.39. The number of ether oxygens (including phenoxy) is 1. The molecule has 3 rings (SSSR count). The number of nitriles is 1. The maximum atomic E-state index is 12.7. The predicted molar refractivity (Wildman–Crippen MR) is 96.0 cm³/mol. The summed E-state index contributed by atoms with van der Waals surface area (Å²) in [6.07, 6.45) is 1.74. The number of piperidine rings is 1. The van der Waals surface area contributed by atoms with E-state index in [0.717, 1.165) is 18.7 Å². The summed E-state index contributed by atoms with van der Waals surface area (Å²) in [6, 6.07) is 12.5. The van der Waals surface area contributed by atoms with Crippen molar-refractivity contribution in [2.24, 2.45) is 0 Å². The molecule has 134 valence electrons. The first kappa shape index (κ1) is 17.9. The van der Waals surface area contributed by atoms with Gasteiger partial charge in [0.05, 0.1) is 30.2 Å². The van der Waals surface area contributed by atoms with Crippen LogP contribution < -0.4 is 0 Å². The first-order chi connectivity index (χ1) is 12.0. The lowest BCUT2D eigenvalue weighted by Crippen LogP contribution is -2.52. The molecule has 2 aliphatic rings. The van der Waals surface area contributed by atoms with Crippen molar-refractivity contribution in [2.75, 3.05) is 32.7 Å². The highest BCUT2D eigenvalue weighted by Crippen LogP contribution is 2.34. The molecule has 2 heterocycles. The third kappa shape index (κ3) is 4.02. The molecule has 25 heavy (non-hydrogen) atoms. The maximum absolute atomic E-state index is 12.7. The molecule has 0 aromatic heterocycles. The number of carbonyl (C=O) groups excluding carboxylic acids is 1. The topological polar surface area (TPSA) is 56.6 Å². The Morgan fingerprint density at radius 1 is 1.20 bits per heavy atom. The SMILES string of the molecule is C[C@@H]1CN(CC(=O)N2CCC(C#N)(c3ccccc3)CC2)C[C@H](C)O1. The van der Waals surface area contributed by atoms with Gasteiger partial charge in [-0.25, -0.2) is 0 Å². The number of morpholine rings is 1. The van der Waals surface area contributed by atoms with Gasteiger partial charge in [-0.05, 0) is 32.3 Å². The van der Waals surface area contributed by atoms with Crippen LogP contribution >= 0.6 is 0 Å². The first-order valence-corrected chi connectivity index (χ1v) is 9.15. The van der Waals surface area contributed by atoms with E-state index in [-0.39, 0.29) is 18.1 Å². The second kappa shape index (κ2) is 7.55. The molecule has 2 aliphatic heterocycles. The first-order valence-electron chi connectivity index (χ1n) is 9.15. The van der Waals surface area contributed by atoms with Crippen LogP contribution in [0.3, 0.4) is 0 Å². The predicted octanol–water partition coefficient (Wildman–Crippen LogP) is 2.18. The molecule has 5 heteroatoms. The van der Waals surface area contributed by atoms with Gasteiger partial charge in [0.25, 0.3) is 0 Å². The van der Waals surface area contributed by atoms with Crippen LogP contribution in [0.2, 0.25) is 0 Å². The second-order valence-corrected chi connectivity index (χ2v) is 7.39. The number of rotatable bonds is 3. The average molecular weight is 341 g/mol. The van der Waals surface area contributed by atoms with Gasteiger partial charge in [0.2, 0.25) is 5.91 Å². The summed E-state index contributed by atoms with van der Waals surface area (Å²) < 4.78 is 5.73. The van der Waals surface area contributed by atoms with Crippen LogP contribution in [0, 0.1) is 11.3 Å². The number of hydrogen-bond acceptors (Lipinski definition) is 4. The quantitative estimate of drug-likeness (QED) is 0.845. The molecule has 0 aliphatic carbocycles. The monoisotopic (exact) mass is 341 g/mol. The van der Waals surface area contributed by atoms with E-state index in [1.54, 1.807) is 0 Å². The third-order valence-electron chi connectivity index (χ3n) is 5.36. The van der Waals surface area contributed by atoms with Crippen molar-refractivity contribution in [2.45, 2.75) is 44.3 Å². The highest BCUT2D eigenvalue weighted by atomic mass is 16.5. The van der Waals surface area contributed by atoms with Crippen LogP contribution in [-0.2, 0) is 14.9 Å². The molecule has 2 atom stereocenters. The number of hydrogen-bond donors (Lipinski definition) is 0. The average Bonchev–Trinajstić information content (AvgIpc) is 2.61. The van der Waals surface area contributed by atoms with E-state index < -0.39 is 5.41 Å². The molecule has 2 fully saturated rings. The fraction of sp³-hybridized carbons (Fsp3) is 0.600. The molecule has 0 saturated carbocycles. The Labute approximate surface area is 150 Å². The van der Waals surface area contributed by atoms with Crippen LogP contribution in [0.4, 0.5) is 0 Å². The van der Waals surface area contributed by atoms with Gasteiger partial charge in [0.15, 0.2) is 0 Å². The molecule has 0 spiro atoms. The molecular weight excluding hydrogens is 314 g/mol. The van der Waals surface area contributed by atoms with Crippen LogP contribution in [0.5, 0.6) is 0 Å². The number of amides is 1. The summed E-state index contributed by atoms with van der Waals surface area (Å²) in [5.41, 5.74) is 0.612. The van der Waals surface area contributed by atoms with E-state index in [4.69, 9.17) is 4.74 Å². The van der Waals surface area contributed by atoms with Crippen LogP contribution in [0.1, 0.15) is 32.3 Å². The van der Waals surface area contributed by atoms with E-state index in [9.17, 15) is 10.1 Å². The lowest BCUT2D eigenvalue weighted by molar-refractivity contribution is -0.137. The molecule has 0 radical (unpaired) electrons. The Bertz CT molecular complexity index is 622. The van der Waals surface area contributed by atoms with E-state index in [1.165, 1.54) is 0 Å². The van der Waals surface area contributed by atoms with Gasteiger partial charge in [-0.3, -0.25) is 9.69 Å². The van der Waals surface area contributed by atoms with E-state index in [2.05, 4.69) is 24.8 Å². The minimum Gasteiger partial charge on any atom is -0.373 e. The molecule has 1 amide bonds. The molecule has 0 unspecified atom stereocenters. The summed E-state index contributed by atoms with van der Waals surface area (Å²) >= 11 is 0. The zero-order chi connectivity index (χ0) is 17.9. The molecule has 2 saturated heterocycles. The largest absolute Gasteiger partial charge is 0.373 e. The van der Waals surface area contributed by atoms with Crippen molar-refractivity contribution in [1.29, 1.82) is 5.26 Å². The van der Waals surface area contributed by atoms with Gasteiger partial charge in [-0.2, -0.15) is 5.26 Å². The van der Waals surface area contributed by atoms with Gasteiger partial charge in [-0.15, -0.1) is 0 Å². The van der Waals surface area contributed by atoms with Gasteiger partial charge >= 0.3 is 0 Å². The van der Waals surface area contributed by atoms with E-state index in [1.807, 2.05) is 35.2 Å². The zero-order valence-electron chi connectivity index (χ0n) is 15.1. The Morgan fingerprint density at radius 2 is 1.80 bits per heavy atom. The molecular formula is C20H27N3O2. The van der Waals surface area contributed by atoms with Crippen LogP contribution in [-0.4, -0.2) is 60.6 Å². The molecule has 1 aromatic rings. The Hall–Kier alpha value is -1.90. The van der Waals surface area contributed by atoms with Crippen molar-refractivity contribution in [1.82, 2.24) is 9.80 Å². The van der Waals surface area contributed by atoms with Crippen molar-refractivity contribution in [3.8, 4) is 6.07 Å². The van der Waals surface area contributed by atoms with Crippen LogP contribution in [0.25, 0.3) is 0 Å². The normalized spacial score (nSPS) is 26.8. The summed E-state index contributed by atoms with van der Waals surface area (Å²) in [5.74, 6) is 0.168. The lowest BCUT2D eigenvalue weighted by Gasteiger charge is -2.40. The van der Waals surface area contributed by atoms with Crippen molar-refractivity contribution >= 4 is 5.91 Å². The number of benzene rings is 1. The lowest BCUT2D eigenvalue weighted by atomic mass is 9.74. The zero-order valence-corrected chi connectivity index (χ0v) is 15.1. The third-order valence-corrected chi connectivity index (χ3v) is 5.36. The minimum atomic E-state index is -0.458. The number of carbonyl (C=O) groups is 1. The van der Waals surface area contributed by atoms with Gasteiger partial charge in [0.1, 0.15) is 0 Å². The van der Waals surface area contributed by atoms with Crippen molar-refractivity contribution in [3.63, 3.8) is 0 Å². The van der Waals surface area contributed by atoms with Gasteiger partial charge < -0.3 is 9.64 Å². The Balaban J connectivity index is 1.58. The van der Waals surface area contributed by atoms with Gasteiger partial charge in [0, 0.05) is 26.2 Å². The molecule has 5 nitrogen and oxygen atoms in total. The molecule has 0 bridgehead atoms. The van der Waals surface area contributed by atoms with E-state index in [0.29, 0.717) is 32.5 Å². The highest BCUT2D eigenvalue weighted by Gasteiger charge is 2.38. The smallest absolute Gasteiger partial charge is 0.236 e. The van der Waals surface area contributed by atoms with Gasteiger partial charge in [-0.1, -0.05) is 30.3 Å². The fourth-order valence-corrected chi connectivity index (χ4v) is 4.06. The van der Waals surface area contributed by atoms with Crippen LogP contribution in [0.15, 0.2) is 30.3 Å². The summed E-state index contributed by atoms with van der Waals surface area (Å²) in [4.78, 5) is 16.8. The standard InChI is InChI=1S/C20H27N3O2/c1-16-12-22(13-17(2)25-16)14-19(24)23-10-8-20(15-21,9-11-23)18-6-4-3-5-7-18/h3-7,16-17H,8-14H2,1-2H3/t16-,17+. The fourth-order valence-electron chi connectivity index (χ4n) is 4.06. The van der Waals surface area contributed by atoms with Crippen molar-refractivity contribution in [3.05, 3.63) is 35.9 Å². The number of likely N-dealkylation sites (tertiary alicyclic amines) is 1. The van der Waals surface area contributed by atoms with E-state index >= 15 is 0 Å². The Kier molecular flexibility index (Phi) is 5.41. The number of nitrogens with zero attached hydrogens (tertiary/aromatic N) is 3. The highest BCUT2D eigenvalue weighted by molar-refractivity contribution is 5.78. The summed E-state index contributed by atoms with van der Waals surface area (Å²) in [5, 5.41) is 9.76. The molecule has 0 N–H and O–H groups in total. The summed E-state index contributed by atoms with van der Waals surface area (Å²) in [6.45, 7) is 7.45. The summed E-state index contributed by atoms with van der Waals surface area (Å²) in [7, 11) is 0. The van der Waals surface area contributed by atoms with Crippen molar-refractivity contribution < 1.29 is 9.53 Å². The maximum Gasteiger partial charge on any atom is 0.236 e. The molecule has 1 aromatic carbocycles. The Morgan fingerprint density at radius 3 is 2.36 bits per heavy atom.